The normalized spacial score (nSPS) is 16.9. The van der Waals surface area contributed by atoms with Crippen LogP contribution < -0.4 is 5.32 Å². The Bertz CT molecular complexity index is 607. The molecule has 0 spiro atoms. The molecule has 0 saturated heterocycles. The van der Waals surface area contributed by atoms with E-state index in [1.54, 1.807) is 6.07 Å². The Labute approximate surface area is 124 Å². The van der Waals surface area contributed by atoms with E-state index in [4.69, 9.17) is 11.6 Å². The van der Waals surface area contributed by atoms with Gasteiger partial charge in [-0.3, -0.25) is 4.79 Å². The molecule has 1 aliphatic rings. The van der Waals surface area contributed by atoms with Crippen molar-refractivity contribution in [2.24, 2.45) is 0 Å². The van der Waals surface area contributed by atoms with Gasteiger partial charge in [0.25, 0.3) is 5.91 Å². The van der Waals surface area contributed by atoms with Gasteiger partial charge in [0, 0.05) is 17.9 Å². The highest BCUT2D eigenvalue weighted by molar-refractivity contribution is 7.90. The van der Waals surface area contributed by atoms with Gasteiger partial charge < -0.3 is 5.32 Å². The van der Waals surface area contributed by atoms with Crippen LogP contribution in [0.2, 0.25) is 5.02 Å². The second-order valence-corrected chi connectivity index (χ2v) is 7.62. The maximum atomic E-state index is 12.2. The van der Waals surface area contributed by atoms with Crippen LogP contribution in [0.5, 0.6) is 0 Å². The van der Waals surface area contributed by atoms with Crippen LogP contribution in [-0.2, 0) is 9.84 Å². The van der Waals surface area contributed by atoms with Crippen molar-refractivity contribution in [2.75, 3.05) is 6.26 Å². The highest BCUT2D eigenvalue weighted by Crippen LogP contribution is 2.23. The van der Waals surface area contributed by atoms with Gasteiger partial charge in [0.05, 0.1) is 9.92 Å². The zero-order valence-electron chi connectivity index (χ0n) is 11.4. The predicted octanol–water partition coefficient (Wildman–Crippen LogP) is 2.81. The molecular formula is C14H18ClNO3S. The molecule has 0 heterocycles. The predicted molar refractivity (Wildman–Crippen MR) is 78.9 cm³/mol. The van der Waals surface area contributed by atoms with Crippen LogP contribution in [0.1, 0.15) is 42.5 Å². The topological polar surface area (TPSA) is 63.2 Å². The number of hydrogen-bond donors (Lipinski definition) is 1. The summed E-state index contributed by atoms with van der Waals surface area (Å²) in [6, 6.07) is 4.53. The zero-order chi connectivity index (χ0) is 14.8. The van der Waals surface area contributed by atoms with Gasteiger partial charge in [-0.05, 0) is 31.0 Å². The van der Waals surface area contributed by atoms with Gasteiger partial charge in [-0.15, -0.1) is 0 Å². The average molecular weight is 316 g/mol. The Morgan fingerprint density at radius 1 is 1.25 bits per heavy atom. The van der Waals surface area contributed by atoms with Crippen molar-refractivity contribution >= 4 is 27.3 Å². The lowest BCUT2D eigenvalue weighted by molar-refractivity contribution is 0.0927. The number of benzene rings is 1. The van der Waals surface area contributed by atoms with Gasteiger partial charge in [-0.25, -0.2) is 8.42 Å². The lowest BCUT2D eigenvalue weighted by Gasteiger charge is -2.22. The largest absolute Gasteiger partial charge is 0.349 e. The zero-order valence-corrected chi connectivity index (χ0v) is 12.9. The SMILES string of the molecule is CS(=O)(=O)c1cc(C(=O)NC2CCCCC2)ccc1Cl. The Balaban J connectivity index is 2.18. The number of sulfone groups is 1. The molecule has 0 radical (unpaired) electrons. The molecule has 4 nitrogen and oxygen atoms in total. The first-order valence-corrected chi connectivity index (χ1v) is 8.95. The maximum absolute atomic E-state index is 12.2. The molecule has 1 aromatic rings. The second kappa shape index (κ2) is 6.14. The minimum absolute atomic E-state index is 0.00420. The Hall–Kier alpha value is -1.07. The molecule has 0 bridgehead atoms. The fraction of sp³-hybridized carbons (Fsp3) is 0.500. The summed E-state index contributed by atoms with van der Waals surface area (Å²) in [4.78, 5) is 12.2. The van der Waals surface area contributed by atoms with Crippen molar-refractivity contribution in [1.29, 1.82) is 0 Å². The molecule has 1 amide bonds. The molecule has 0 aliphatic heterocycles. The minimum atomic E-state index is -3.43. The molecule has 110 valence electrons. The van der Waals surface area contributed by atoms with Crippen LogP contribution in [0, 0.1) is 0 Å². The monoisotopic (exact) mass is 315 g/mol. The van der Waals surface area contributed by atoms with E-state index in [0.717, 1.165) is 31.9 Å². The molecule has 0 unspecified atom stereocenters. The van der Waals surface area contributed by atoms with Crippen LogP contribution in [0.3, 0.4) is 0 Å². The molecule has 6 heteroatoms. The van der Waals surface area contributed by atoms with Gasteiger partial charge in [-0.1, -0.05) is 30.9 Å². The van der Waals surface area contributed by atoms with Crippen LogP contribution >= 0.6 is 11.6 Å². The Kier molecular flexibility index (Phi) is 4.70. The quantitative estimate of drug-likeness (QED) is 0.933. The third-order valence-corrected chi connectivity index (χ3v) is 5.11. The van der Waals surface area contributed by atoms with E-state index in [1.807, 2.05) is 0 Å². The molecule has 20 heavy (non-hydrogen) atoms. The highest BCUT2D eigenvalue weighted by Gasteiger charge is 2.19. The molecule has 1 fully saturated rings. The van der Waals surface area contributed by atoms with Gasteiger partial charge in [0.2, 0.25) is 0 Å². The fourth-order valence-electron chi connectivity index (χ4n) is 2.44. The molecule has 0 aromatic heterocycles. The van der Waals surface area contributed by atoms with Gasteiger partial charge in [0.1, 0.15) is 0 Å². The molecule has 2 rings (SSSR count). The summed E-state index contributed by atoms with van der Waals surface area (Å²) in [7, 11) is -3.43. The van der Waals surface area contributed by atoms with E-state index < -0.39 is 9.84 Å². The molecule has 1 N–H and O–H groups in total. The summed E-state index contributed by atoms with van der Waals surface area (Å²) in [5, 5.41) is 3.10. The fourth-order valence-corrected chi connectivity index (χ4v) is 3.75. The van der Waals surface area contributed by atoms with Crippen LogP contribution in [0.15, 0.2) is 23.1 Å². The van der Waals surface area contributed by atoms with E-state index in [2.05, 4.69) is 5.32 Å². The summed E-state index contributed by atoms with van der Waals surface area (Å²) in [5.41, 5.74) is 0.334. The first-order valence-electron chi connectivity index (χ1n) is 6.68. The number of halogens is 1. The third-order valence-electron chi connectivity index (χ3n) is 3.53. The molecule has 1 aromatic carbocycles. The number of amides is 1. The summed E-state index contributed by atoms with van der Waals surface area (Å²) >= 11 is 5.87. The summed E-state index contributed by atoms with van der Waals surface area (Å²) in [6.07, 6.45) is 6.51. The Morgan fingerprint density at radius 3 is 2.50 bits per heavy atom. The third kappa shape index (κ3) is 3.73. The van der Waals surface area contributed by atoms with Gasteiger partial charge in [-0.2, -0.15) is 0 Å². The summed E-state index contributed by atoms with van der Waals surface area (Å²) < 4.78 is 23.2. The number of carbonyl (C=O) groups excluding carboxylic acids is 1. The lowest BCUT2D eigenvalue weighted by atomic mass is 9.95. The van der Waals surface area contributed by atoms with E-state index in [1.165, 1.54) is 18.6 Å². The molecular weight excluding hydrogens is 298 g/mol. The number of nitrogens with one attached hydrogen (secondary N) is 1. The summed E-state index contributed by atoms with van der Waals surface area (Å²) in [6.45, 7) is 0. The first kappa shape index (κ1) is 15.3. The van der Waals surface area contributed by atoms with Crippen molar-refractivity contribution in [3.8, 4) is 0 Å². The summed E-state index contributed by atoms with van der Waals surface area (Å²) in [5.74, 6) is -0.238. The first-order chi connectivity index (χ1) is 9.38. The molecule has 1 saturated carbocycles. The van der Waals surface area contributed by atoms with Crippen LogP contribution in [0.4, 0.5) is 0 Å². The highest BCUT2D eigenvalue weighted by atomic mass is 35.5. The van der Waals surface area contributed by atoms with E-state index in [0.29, 0.717) is 5.56 Å². The number of rotatable bonds is 3. The van der Waals surface area contributed by atoms with Crippen LogP contribution in [0.25, 0.3) is 0 Å². The van der Waals surface area contributed by atoms with Crippen molar-refractivity contribution in [3.63, 3.8) is 0 Å². The maximum Gasteiger partial charge on any atom is 0.251 e. The van der Waals surface area contributed by atoms with E-state index >= 15 is 0 Å². The standard InChI is InChI=1S/C14H18ClNO3S/c1-20(18,19)13-9-10(7-8-12(13)15)14(17)16-11-5-3-2-4-6-11/h7-9,11H,2-6H2,1H3,(H,16,17). The Morgan fingerprint density at radius 2 is 1.90 bits per heavy atom. The molecule has 0 atom stereocenters. The van der Waals surface area contributed by atoms with Crippen LogP contribution in [-0.4, -0.2) is 26.6 Å². The van der Waals surface area contributed by atoms with Gasteiger partial charge in [0.15, 0.2) is 9.84 Å². The number of hydrogen-bond acceptors (Lipinski definition) is 3. The number of carbonyl (C=O) groups is 1. The van der Waals surface area contributed by atoms with Crippen molar-refractivity contribution in [2.45, 2.75) is 43.0 Å². The van der Waals surface area contributed by atoms with Crippen molar-refractivity contribution in [3.05, 3.63) is 28.8 Å². The lowest BCUT2D eigenvalue weighted by Crippen LogP contribution is -2.36. The minimum Gasteiger partial charge on any atom is -0.349 e. The smallest absolute Gasteiger partial charge is 0.251 e. The van der Waals surface area contributed by atoms with E-state index in [9.17, 15) is 13.2 Å². The van der Waals surface area contributed by atoms with Crippen molar-refractivity contribution < 1.29 is 13.2 Å². The molecule has 1 aliphatic carbocycles. The second-order valence-electron chi connectivity index (χ2n) is 5.23. The van der Waals surface area contributed by atoms with Crippen molar-refractivity contribution in [1.82, 2.24) is 5.32 Å². The van der Waals surface area contributed by atoms with Gasteiger partial charge >= 0.3 is 0 Å². The average Bonchev–Trinajstić information content (AvgIpc) is 2.39. The van der Waals surface area contributed by atoms with E-state index in [-0.39, 0.29) is 21.9 Å².